The maximum absolute atomic E-state index is 12.4. The molecule has 2 aromatic heterocycles. The Bertz CT molecular complexity index is 825. The van der Waals surface area contributed by atoms with E-state index in [-0.39, 0.29) is 10.9 Å². The maximum atomic E-state index is 12.4. The fourth-order valence-corrected chi connectivity index (χ4v) is 3.07. The van der Waals surface area contributed by atoms with Gasteiger partial charge < -0.3 is 0 Å². The van der Waals surface area contributed by atoms with Crippen molar-refractivity contribution in [3.63, 3.8) is 0 Å². The molecule has 0 bridgehead atoms. The lowest BCUT2D eigenvalue weighted by molar-refractivity contribution is 0.541. The van der Waals surface area contributed by atoms with Crippen LogP contribution >= 0.6 is 0 Å². The Hall–Kier alpha value is -2.48. The van der Waals surface area contributed by atoms with E-state index in [1.54, 1.807) is 35.3 Å². The molecule has 0 N–H and O–H groups in total. The van der Waals surface area contributed by atoms with Gasteiger partial charge in [-0.25, -0.2) is 9.67 Å². The molecule has 2 heterocycles. The van der Waals surface area contributed by atoms with Gasteiger partial charge in [-0.3, -0.25) is 0 Å². The first kappa shape index (κ1) is 13.5. The lowest BCUT2D eigenvalue weighted by Crippen LogP contribution is -2.15. The van der Waals surface area contributed by atoms with E-state index in [0.29, 0.717) is 5.69 Å². The predicted octanol–water partition coefficient (Wildman–Crippen LogP) is 1.32. The van der Waals surface area contributed by atoms with Gasteiger partial charge in [-0.15, -0.1) is 0 Å². The van der Waals surface area contributed by atoms with Gasteiger partial charge >= 0.3 is 0 Å². The molecule has 7 nitrogen and oxygen atoms in total. The number of hydrogen-bond acceptors (Lipinski definition) is 5. The van der Waals surface area contributed by atoms with Gasteiger partial charge in [0.1, 0.15) is 12.7 Å². The SMILES string of the molecule is C[C@H](c1ccn(S(=O)(=O)c2ccccc2)n1)n1cncn1. The topological polar surface area (TPSA) is 82.7 Å². The average molecular weight is 303 g/mol. The molecule has 21 heavy (non-hydrogen) atoms. The quantitative estimate of drug-likeness (QED) is 0.726. The van der Waals surface area contributed by atoms with E-state index < -0.39 is 10.0 Å². The highest BCUT2D eigenvalue weighted by Crippen LogP contribution is 2.17. The van der Waals surface area contributed by atoms with Crippen LogP contribution in [0.5, 0.6) is 0 Å². The summed E-state index contributed by atoms with van der Waals surface area (Å²) >= 11 is 0. The van der Waals surface area contributed by atoms with Gasteiger partial charge in [-0.1, -0.05) is 18.2 Å². The van der Waals surface area contributed by atoms with Crippen LogP contribution in [0, 0.1) is 0 Å². The standard InChI is InChI=1S/C13H13N5O2S/c1-11(17-10-14-9-15-17)13-7-8-18(16-13)21(19,20)12-5-3-2-4-6-12/h2-11H,1H3/t11-/m1/s1. The maximum Gasteiger partial charge on any atom is 0.282 e. The van der Waals surface area contributed by atoms with E-state index >= 15 is 0 Å². The normalized spacial score (nSPS) is 13.2. The van der Waals surface area contributed by atoms with Crippen molar-refractivity contribution < 1.29 is 8.42 Å². The van der Waals surface area contributed by atoms with E-state index in [9.17, 15) is 8.42 Å². The van der Waals surface area contributed by atoms with Gasteiger partial charge in [0.05, 0.1) is 16.6 Å². The number of aromatic nitrogens is 5. The third-order valence-corrected chi connectivity index (χ3v) is 4.70. The van der Waals surface area contributed by atoms with Crippen LogP contribution in [-0.2, 0) is 10.0 Å². The van der Waals surface area contributed by atoms with E-state index in [1.807, 2.05) is 6.92 Å². The molecule has 0 saturated carbocycles. The van der Waals surface area contributed by atoms with Crippen LogP contribution in [0.3, 0.4) is 0 Å². The lowest BCUT2D eigenvalue weighted by Gasteiger charge is -2.08. The highest BCUT2D eigenvalue weighted by atomic mass is 32.2. The van der Waals surface area contributed by atoms with E-state index in [4.69, 9.17) is 0 Å². The van der Waals surface area contributed by atoms with Crippen molar-refractivity contribution in [1.82, 2.24) is 24.0 Å². The fraction of sp³-hybridized carbons (Fsp3) is 0.154. The van der Waals surface area contributed by atoms with Crippen molar-refractivity contribution >= 4 is 10.0 Å². The second-order valence-electron chi connectivity index (χ2n) is 4.48. The largest absolute Gasteiger partial charge is 0.282 e. The summed E-state index contributed by atoms with van der Waals surface area (Å²) in [7, 11) is -3.66. The van der Waals surface area contributed by atoms with E-state index in [0.717, 1.165) is 4.09 Å². The minimum Gasteiger partial charge on any atom is -0.244 e. The number of hydrogen-bond donors (Lipinski definition) is 0. The zero-order valence-electron chi connectivity index (χ0n) is 11.2. The van der Waals surface area contributed by atoms with Gasteiger partial charge in [-0.05, 0) is 25.1 Å². The third-order valence-electron chi connectivity index (χ3n) is 3.14. The molecule has 0 amide bonds. The Morgan fingerprint density at radius 3 is 2.57 bits per heavy atom. The Morgan fingerprint density at radius 2 is 1.90 bits per heavy atom. The van der Waals surface area contributed by atoms with Gasteiger partial charge in [-0.2, -0.15) is 22.7 Å². The van der Waals surface area contributed by atoms with Crippen LogP contribution < -0.4 is 0 Å². The predicted molar refractivity (Wildman–Crippen MR) is 75.1 cm³/mol. The summed E-state index contributed by atoms with van der Waals surface area (Å²) in [6.45, 7) is 1.87. The zero-order chi connectivity index (χ0) is 14.9. The second kappa shape index (κ2) is 5.13. The molecule has 0 aliphatic rings. The highest BCUT2D eigenvalue weighted by Gasteiger charge is 2.20. The molecule has 0 aliphatic carbocycles. The summed E-state index contributed by atoms with van der Waals surface area (Å²) in [4.78, 5) is 4.07. The molecular weight excluding hydrogens is 290 g/mol. The Kier molecular flexibility index (Phi) is 3.30. The molecule has 3 rings (SSSR count). The number of benzene rings is 1. The molecule has 0 spiro atoms. The number of nitrogens with zero attached hydrogens (tertiary/aromatic N) is 5. The summed E-state index contributed by atoms with van der Waals surface area (Å²) in [5.41, 5.74) is 0.597. The van der Waals surface area contributed by atoms with Gasteiger partial charge in [0.25, 0.3) is 10.0 Å². The summed E-state index contributed by atoms with van der Waals surface area (Å²) in [5.74, 6) is 0. The molecule has 108 valence electrons. The first-order chi connectivity index (χ1) is 10.1. The molecule has 0 aliphatic heterocycles. The fourth-order valence-electron chi connectivity index (χ4n) is 1.93. The van der Waals surface area contributed by atoms with Crippen molar-refractivity contribution in [3.05, 3.63) is 60.9 Å². The summed E-state index contributed by atoms with van der Waals surface area (Å²) in [6.07, 6.45) is 4.43. The van der Waals surface area contributed by atoms with Gasteiger partial charge in [0.15, 0.2) is 0 Å². The van der Waals surface area contributed by atoms with Crippen LogP contribution in [0.1, 0.15) is 18.7 Å². The molecule has 0 fully saturated rings. The molecule has 1 aromatic carbocycles. The zero-order valence-corrected chi connectivity index (χ0v) is 12.1. The molecular formula is C13H13N5O2S. The van der Waals surface area contributed by atoms with Crippen molar-refractivity contribution in [2.24, 2.45) is 0 Å². The third kappa shape index (κ3) is 2.45. The summed E-state index contributed by atoms with van der Waals surface area (Å²) in [5, 5.41) is 8.18. The van der Waals surface area contributed by atoms with Crippen LogP contribution in [0.15, 0.2) is 60.1 Å². The molecule has 8 heteroatoms. The highest BCUT2D eigenvalue weighted by molar-refractivity contribution is 7.89. The van der Waals surface area contributed by atoms with Crippen molar-refractivity contribution in [3.8, 4) is 0 Å². The van der Waals surface area contributed by atoms with Crippen LogP contribution in [0.4, 0.5) is 0 Å². The Labute approximate surface area is 121 Å². The van der Waals surface area contributed by atoms with Crippen molar-refractivity contribution in [2.75, 3.05) is 0 Å². The van der Waals surface area contributed by atoms with Crippen LogP contribution in [-0.4, -0.2) is 32.4 Å². The molecule has 0 radical (unpaired) electrons. The first-order valence-corrected chi connectivity index (χ1v) is 7.73. The molecule has 3 aromatic rings. The second-order valence-corrected chi connectivity index (χ2v) is 6.28. The monoisotopic (exact) mass is 303 g/mol. The van der Waals surface area contributed by atoms with Crippen molar-refractivity contribution in [1.29, 1.82) is 0 Å². The molecule has 0 unspecified atom stereocenters. The Balaban J connectivity index is 1.95. The minimum atomic E-state index is -3.66. The average Bonchev–Trinajstić information content (AvgIpc) is 3.19. The smallest absolute Gasteiger partial charge is 0.244 e. The summed E-state index contributed by atoms with van der Waals surface area (Å²) in [6, 6.07) is 9.66. The molecule has 0 saturated heterocycles. The van der Waals surface area contributed by atoms with E-state index in [1.165, 1.54) is 24.7 Å². The number of rotatable bonds is 4. The minimum absolute atomic E-state index is 0.195. The lowest BCUT2D eigenvalue weighted by atomic mass is 10.2. The van der Waals surface area contributed by atoms with Gasteiger partial charge in [0.2, 0.25) is 0 Å². The van der Waals surface area contributed by atoms with E-state index in [2.05, 4.69) is 15.2 Å². The van der Waals surface area contributed by atoms with Crippen molar-refractivity contribution in [2.45, 2.75) is 17.9 Å². The van der Waals surface area contributed by atoms with Crippen LogP contribution in [0.25, 0.3) is 0 Å². The summed E-state index contributed by atoms with van der Waals surface area (Å²) < 4.78 is 27.4. The Morgan fingerprint density at radius 1 is 1.14 bits per heavy atom. The van der Waals surface area contributed by atoms with Crippen LogP contribution in [0.2, 0.25) is 0 Å². The van der Waals surface area contributed by atoms with Gasteiger partial charge in [0, 0.05) is 6.20 Å². The molecule has 1 atom stereocenters. The first-order valence-electron chi connectivity index (χ1n) is 6.29.